The molecule has 164 valence electrons. The van der Waals surface area contributed by atoms with E-state index >= 15 is 0 Å². The van der Waals surface area contributed by atoms with Crippen molar-refractivity contribution < 1.29 is 18.1 Å². The SMILES string of the molecule is COc1ccc(-c2cccnc2[C@H](CN[S+]([O-])C(C)(C)C)c2cc(F)cc(F)c2)cc1. The van der Waals surface area contributed by atoms with Gasteiger partial charge >= 0.3 is 0 Å². The molecule has 0 saturated carbocycles. The maximum absolute atomic E-state index is 14.0. The number of rotatable bonds is 7. The first-order chi connectivity index (χ1) is 14.7. The average Bonchev–Trinajstić information content (AvgIpc) is 2.73. The van der Waals surface area contributed by atoms with Crippen molar-refractivity contribution in [1.29, 1.82) is 0 Å². The first-order valence-corrected chi connectivity index (χ1v) is 11.0. The van der Waals surface area contributed by atoms with E-state index in [0.717, 1.165) is 22.9 Å². The summed E-state index contributed by atoms with van der Waals surface area (Å²) in [7, 11) is 1.60. The third-order valence-electron chi connectivity index (χ3n) is 4.83. The fourth-order valence-corrected chi connectivity index (χ4v) is 3.99. The molecule has 0 radical (unpaired) electrons. The summed E-state index contributed by atoms with van der Waals surface area (Å²) in [6.07, 6.45) is 1.64. The van der Waals surface area contributed by atoms with Crippen molar-refractivity contribution in [2.75, 3.05) is 13.7 Å². The molecule has 1 heterocycles. The topological polar surface area (TPSA) is 57.2 Å². The number of hydrogen-bond acceptors (Lipinski definition) is 4. The zero-order valence-corrected chi connectivity index (χ0v) is 18.8. The van der Waals surface area contributed by atoms with Crippen LogP contribution in [0, 0.1) is 11.6 Å². The summed E-state index contributed by atoms with van der Waals surface area (Å²) < 4.78 is 48.5. The molecule has 2 aromatic carbocycles. The number of aromatic nitrogens is 1. The van der Waals surface area contributed by atoms with E-state index in [-0.39, 0.29) is 6.54 Å². The molecule has 2 atom stereocenters. The van der Waals surface area contributed by atoms with Crippen LogP contribution in [0.25, 0.3) is 11.1 Å². The lowest BCUT2D eigenvalue weighted by Crippen LogP contribution is -2.41. The molecule has 1 aromatic heterocycles. The van der Waals surface area contributed by atoms with Crippen LogP contribution in [0.1, 0.15) is 37.9 Å². The lowest BCUT2D eigenvalue weighted by Gasteiger charge is -2.26. The minimum absolute atomic E-state index is 0.201. The molecule has 0 fully saturated rings. The Morgan fingerprint density at radius 1 is 1.06 bits per heavy atom. The van der Waals surface area contributed by atoms with Gasteiger partial charge in [0.05, 0.1) is 19.3 Å². The van der Waals surface area contributed by atoms with E-state index in [2.05, 4.69) is 9.71 Å². The Morgan fingerprint density at radius 2 is 1.71 bits per heavy atom. The summed E-state index contributed by atoms with van der Waals surface area (Å²) in [4.78, 5) is 4.56. The predicted molar refractivity (Wildman–Crippen MR) is 120 cm³/mol. The Bertz CT molecular complexity index is 1000. The fourth-order valence-electron chi connectivity index (χ4n) is 3.23. The number of hydrogen-bond donors (Lipinski definition) is 1. The summed E-state index contributed by atoms with van der Waals surface area (Å²) in [5.41, 5.74) is 2.77. The number of halogens is 2. The van der Waals surface area contributed by atoms with E-state index in [4.69, 9.17) is 4.74 Å². The molecule has 0 aliphatic carbocycles. The minimum atomic E-state index is -1.35. The molecule has 31 heavy (non-hydrogen) atoms. The standard InChI is InChI=1S/C24H26F2N2O2S/c1-24(2,3)31(29)28-15-22(17-12-18(25)14-19(26)13-17)23-21(6-5-11-27-23)16-7-9-20(30-4)10-8-16/h5-14,22,28H,15H2,1-4H3/t22-,31?/m1/s1. The second-order valence-corrected chi connectivity index (χ2v) is 10.2. The molecule has 0 aliphatic heterocycles. The molecule has 1 unspecified atom stereocenters. The normalized spacial score (nSPS) is 13.6. The van der Waals surface area contributed by atoms with Gasteiger partial charge in [-0.05, 0) is 62.2 Å². The van der Waals surface area contributed by atoms with Crippen LogP contribution in [-0.2, 0) is 11.4 Å². The highest BCUT2D eigenvalue weighted by Crippen LogP contribution is 2.33. The van der Waals surface area contributed by atoms with Gasteiger partial charge in [-0.3, -0.25) is 4.98 Å². The predicted octanol–water partition coefficient (Wildman–Crippen LogP) is 5.22. The molecular formula is C24H26F2N2O2S. The van der Waals surface area contributed by atoms with Gasteiger partial charge in [-0.2, -0.15) is 0 Å². The summed E-state index contributed by atoms with van der Waals surface area (Å²) >= 11 is -1.35. The number of methoxy groups -OCH3 is 1. The maximum atomic E-state index is 14.0. The lowest BCUT2D eigenvalue weighted by molar-refractivity contribution is 0.415. The number of nitrogens with zero attached hydrogens (tertiary/aromatic N) is 1. The van der Waals surface area contributed by atoms with Gasteiger partial charge in [0.15, 0.2) is 0 Å². The average molecular weight is 445 g/mol. The minimum Gasteiger partial charge on any atom is -0.598 e. The van der Waals surface area contributed by atoms with E-state index in [1.807, 2.05) is 57.2 Å². The molecule has 0 amide bonds. The van der Waals surface area contributed by atoms with Crippen molar-refractivity contribution in [3.8, 4) is 16.9 Å². The molecule has 3 rings (SSSR count). The van der Waals surface area contributed by atoms with E-state index in [1.54, 1.807) is 13.3 Å². The Labute approximate surface area is 185 Å². The summed E-state index contributed by atoms with van der Waals surface area (Å²) in [5, 5.41) is 0. The quantitative estimate of drug-likeness (QED) is 0.508. The Kier molecular flexibility index (Phi) is 7.30. The molecular weight excluding hydrogens is 418 g/mol. The zero-order valence-electron chi connectivity index (χ0n) is 18.0. The largest absolute Gasteiger partial charge is 0.598 e. The highest BCUT2D eigenvalue weighted by molar-refractivity contribution is 7.90. The molecule has 0 aliphatic rings. The second kappa shape index (κ2) is 9.77. The van der Waals surface area contributed by atoms with Crippen LogP contribution < -0.4 is 9.46 Å². The van der Waals surface area contributed by atoms with Crippen LogP contribution >= 0.6 is 0 Å². The molecule has 1 N–H and O–H groups in total. The number of ether oxygens (including phenoxy) is 1. The number of pyridine rings is 1. The Balaban J connectivity index is 2.06. The van der Waals surface area contributed by atoms with Crippen LogP contribution in [0.5, 0.6) is 5.75 Å². The van der Waals surface area contributed by atoms with Gasteiger partial charge in [0, 0.05) is 35.1 Å². The molecule has 0 saturated heterocycles. The van der Waals surface area contributed by atoms with Gasteiger partial charge < -0.3 is 9.29 Å². The molecule has 4 nitrogen and oxygen atoms in total. The van der Waals surface area contributed by atoms with E-state index < -0.39 is 33.7 Å². The van der Waals surface area contributed by atoms with Gasteiger partial charge in [0.1, 0.15) is 22.1 Å². The monoisotopic (exact) mass is 444 g/mol. The van der Waals surface area contributed by atoms with Gasteiger partial charge in [0.25, 0.3) is 0 Å². The summed E-state index contributed by atoms with van der Waals surface area (Å²) in [5.74, 6) is -1.13. The van der Waals surface area contributed by atoms with Gasteiger partial charge in [-0.25, -0.2) is 8.78 Å². The van der Waals surface area contributed by atoms with Crippen molar-refractivity contribution >= 4 is 11.4 Å². The maximum Gasteiger partial charge on any atom is 0.136 e. The number of benzene rings is 2. The Hall–Kier alpha value is -2.48. The van der Waals surface area contributed by atoms with Gasteiger partial charge in [-0.15, -0.1) is 4.72 Å². The smallest absolute Gasteiger partial charge is 0.136 e. The lowest BCUT2D eigenvalue weighted by atomic mass is 9.89. The van der Waals surface area contributed by atoms with Crippen molar-refractivity contribution in [3.63, 3.8) is 0 Å². The van der Waals surface area contributed by atoms with E-state index in [1.165, 1.54) is 12.1 Å². The van der Waals surface area contributed by atoms with Crippen LogP contribution in [0.15, 0.2) is 60.8 Å². The van der Waals surface area contributed by atoms with Gasteiger partial charge in [-0.1, -0.05) is 18.2 Å². The third-order valence-corrected chi connectivity index (χ3v) is 6.37. The van der Waals surface area contributed by atoms with Crippen LogP contribution in [0.2, 0.25) is 0 Å². The fraction of sp³-hybridized carbons (Fsp3) is 0.292. The molecule has 0 spiro atoms. The second-order valence-electron chi connectivity index (χ2n) is 8.15. The van der Waals surface area contributed by atoms with Crippen molar-refractivity contribution in [2.45, 2.75) is 31.4 Å². The molecule has 3 aromatic rings. The van der Waals surface area contributed by atoms with Crippen LogP contribution in [-0.4, -0.2) is 27.9 Å². The Morgan fingerprint density at radius 3 is 2.29 bits per heavy atom. The third kappa shape index (κ3) is 5.81. The van der Waals surface area contributed by atoms with Crippen LogP contribution in [0.3, 0.4) is 0 Å². The summed E-state index contributed by atoms with van der Waals surface area (Å²) in [6.45, 7) is 5.77. The van der Waals surface area contributed by atoms with E-state index in [0.29, 0.717) is 11.3 Å². The van der Waals surface area contributed by atoms with E-state index in [9.17, 15) is 13.3 Å². The molecule has 0 bridgehead atoms. The van der Waals surface area contributed by atoms with Crippen LogP contribution in [0.4, 0.5) is 8.78 Å². The zero-order chi connectivity index (χ0) is 22.6. The van der Waals surface area contributed by atoms with Crippen molar-refractivity contribution in [3.05, 3.63) is 83.7 Å². The first kappa shape index (κ1) is 23.2. The van der Waals surface area contributed by atoms with Crippen molar-refractivity contribution in [1.82, 2.24) is 9.71 Å². The van der Waals surface area contributed by atoms with Crippen molar-refractivity contribution in [2.24, 2.45) is 0 Å². The van der Waals surface area contributed by atoms with Gasteiger partial charge in [0.2, 0.25) is 0 Å². The highest BCUT2D eigenvalue weighted by atomic mass is 32.2. The first-order valence-electron chi connectivity index (χ1n) is 9.89. The highest BCUT2D eigenvalue weighted by Gasteiger charge is 2.29. The summed E-state index contributed by atoms with van der Waals surface area (Å²) in [6, 6.07) is 14.6. The number of nitrogens with one attached hydrogen (secondary N) is 1. The molecule has 7 heteroatoms.